The topological polar surface area (TPSA) is 101 Å². The molecule has 1 aromatic heterocycles. The number of nitrogens with two attached hydrogens (primary N) is 1. The van der Waals surface area contributed by atoms with E-state index in [0.29, 0.717) is 10.8 Å². The molecule has 6 nitrogen and oxygen atoms in total. The highest BCUT2D eigenvalue weighted by Gasteiger charge is 2.03. The van der Waals surface area contributed by atoms with Crippen LogP contribution in [0, 0.1) is 0 Å². The first kappa shape index (κ1) is 9.63. The Bertz CT molecular complexity index is 599. The van der Waals surface area contributed by atoms with E-state index < -0.39 is 0 Å². The highest BCUT2D eigenvalue weighted by Crippen LogP contribution is 2.08. The molecule has 6 heteroatoms. The summed E-state index contributed by atoms with van der Waals surface area (Å²) in [5.74, 6) is 4.92. The standard InChI is InChI=1S/C9H9N3O3/c10-15-4-5-1-2-6-7(3-5)9(14)12-11-8(6)13/h1-3H,4,10H2,(H,11,13)(H,12,14). The minimum Gasteiger partial charge on any atom is -0.300 e. The van der Waals surface area contributed by atoms with Gasteiger partial charge >= 0.3 is 0 Å². The average Bonchev–Trinajstić information content (AvgIpc) is 2.24. The lowest BCUT2D eigenvalue weighted by atomic mass is 10.1. The van der Waals surface area contributed by atoms with Crippen LogP contribution in [0.1, 0.15) is 5.56 Å². The van der Waals surface area contributed by atoms with Gasteiger partial charge in [0.05, 0.1) is 17.4 Å². The lowest BCUT2D eigenvalue weighted by Gasteiger charge is -2.00. The van der Waals surface area contributed by atoms with Gasteiger partial charge < -0.3 is 0 Å². The molecular formula is C9H9N3O3. The summed E-state index contributed by atoms with van der Waals surface area (Å²) in [6.07, 6.45) is 0. The van der Waals surface area contributed by atoms with Gasteiger partial charge in [-0.1, -0.05) is 6.07 Å². The molecule has 0 fully saturated rings. The van der Waals surface area contributed by atoms with Crippen LogP contribution in [-0.4, -0.2) is 10.2 Å². The van der Waals surface area contributed by atoms with Crippen molar-refractivity contribution in [3.63, 3.8) is 0 Å². The second-order valence-corrected chi connectivity index (χ2v) is 3.10. The van der Waals surface area contributed by atoms with E-state index in [4.69, 9.17) is 5.90 Å². The van der Waals surface area contributed by atoms with Crippen LogP contribution in [0.25, 0.3) is 10.8 Å². The molecule has 0 spiro atoms. The summed E-state index contributed by atoms with van der Waals surface area (Å²) < 4.78 is 0. The highest BCUT2D eigenvalue weighted by atomic mass is 16.6. The zero-order chi connectivity index (χ0) is 10.8. The Labute approximate surface area is 83.6 Å². The van der Waals surface area contributed by atoms with Gasteiger partial charge in [0.2, 0.25) is 0 Å². The molecule has 0 saturated heterocycles. The molecule has 0 unspecified atom stereocenters. The number of H-pyrrole nitrogens is 2. The summed E-state index contributed by atoms with van der Waals surface area (Å²) in [5, 5.41) is 5.17. The molecule has 1 aromatic carbocycles. The van der Waals surface area contributed by atoms with Gasteiger partial charge in [-0.25, -0.2) is 5.90 Å². The van der Waals surface area contributed by atoms with E-state index in [2.05, 4.69) is 15.0 Å². The lowest BCUT2D eigenvalue weighted by Crippen LogP contribution is -2.19. The Morgan fingerprint density at radius 2 is 1.80 bits per heavy atom. The van der Waals surface area contributed by atoms with E-state index in [1.165, 1.54) is 0 Å². The molecule has 4 N–H and O–H groups in total. The van der Waals surface area contributed by atoms with Crippen LogP contribution in [0.3, 0.4) is 0 Å². The number of rotatable bonds is 2. The monoisotopic (exact) mass is 207 g/mol. The van der Waals surface area contributed by atoms with Gasteiger partial charge in [-0.3, -0.25) is 24.6 Å². The van der Waals surface area contributed by atoms with E-state index in [1.54, 1.807) is 18.2 Å². The molecule has 2 rings (SSSR count). The molecule has 0 saturated carbocycles. The van der Waals surface area contributed by atoms with Gasteiger partial charge in [0.25, 0.3) is 11.1 Å². The maximum Gasteiger partial charge on any atom is 0.270 e. The fourth-order valence-corrected chi connectivity index (χ4v) is 1.41. The summed E-state index contributed by atoms with van der Waals surface area (Å²) in [7, 11) is 0. The minimum atomic E-state index is -0.344. The van der Waals surface area contributed by atoms with Crippen molar-refractivity contribution in [1.82, 2.24) is 10.2 Å². The number of benzene rings is 1. The third kappa shape index (κ3) is 1.67. The first-order valence-electron chi connectivity index (χ1n) is 4.27. The summed E-state index contributed by atoms with van der Waals surface area (Å²) in [5.41, 5.74) is 0.0642. The predicted octanol–water partition coefficient (Wildman–Crippen LogP) is -0.393. The van der Waals surface area contributed by atoms with Gasteiger partial charge in [-0.2, -0.15) is 0 Å². The quantitative estimate of drug-likeness (QED) is 0.583. The molecule has 1 heterocycles. The zero-order valence-corrected chi connectivity index (χ0v) is 7.74. The van der Waals surface area contributed by atoms with E-state index in [9.17, 15) is 9.59 Å². The van der Waals surface area contributed by atoms with E-state index in [0.717, 1.165) is 5.56 Å². The van der Waals surface area contributed by atoms with Gasteiger partial charge in [-0.15, -0.1) is 0 Å². The number of hydrogen-bond acceptors (Lipinski definition) is 4. The second-order valence-electron chi connectivity index (χ2n) is 3.10. The molecule has 0 aliphatic heterocycles. The number of fused-ring (bicyclic) bond motifs is 1. The molecule has 0 radical (unpaired) electrons. The van der Waals surface area contributed by atoms with Crippen molar-refractivity contribution in [1.29, 1.82) is 0 Å². The molecule has 0 aliphatic carbocycles. The highest BCUT2D eigenvalue weighted by molar-refractivity contribution is 5.80. The van der Waals surface area contributed by atoms with Crippen LogP contribution in [-0.2, 0) is 11.4 Å². The molecule has 0 amide bonds. The number of aromatic amines is 2. The largest absolute Gasteiger partial charge is 0.300 e. The Kier molecular flexibility index (Phi) is 2.36. The molecule has 0 atom stereocenters. The first-order valence-corrected chi connectivity index (χ1v) is 4.27. The van der Waals surface area contributed by atoms with Gasteiger partial charge in [0.15, 0.2) is 0 Å². The third-order valence-corrected chi connectivity index (χ3v) is 2.11. The fraction of sp³-hybridized carbons (Fsp3) is 0.111. The van der Waals surface area contributed by atoms with Crippen molar-refractivity contribution in [3.05, 3.63) is 44.5 Å². The Balaban J connectivity index is 2.76. The van der Waals surface area contributed by atoms with Crippen molar-refractivity contribution in [2.75, 3.05) is 0 Å². The summed E-state index contributed by atoms with van der Waals surface area (Å²) in [4.78, 5) is 27.2. The Hall–Kier alpha value is -1.92. The summed E-state index contributed by atoms with van der Waals surface area (Å²) >= 11 is 0. The number of aromatic nitrogens is 2. The van der Waals surface area contributed by atoms with Gasteiger partial charge in [-0.05, 0) is 17.7 Å². The summed E-state index contributed by atoms with van der Waals surface area (Å²) in [6.45, 7) is 0.197. The van der Waals surface area contributed by atoms with Crippen LogP contribution in [0.4, 0.5) is 0 Å². The van der Waals surface area contributed by atoms with Crippen molar-refractivity contribution in [2.45, 2.75) is 6.61 Å². The van der Waals surface area contributed by atoms with Crippen LogP contribution in [0.2, 0.25) is 0 Å². The SMILES string of the molecule is NOCc1ccc2c(=O)[nH][nH]c(=O)c2c1. The lowest BCUT2D eigenvalue weighted by molar-refractivity contribution is 0.124. The molecular weight excluding hydrogens is 198 g/mol. The molecule has 0 bridgehead atoms. The Morgan fingerprint density at radius 3 is 2.47 bits per heavy atom. The van der Waals surface area contributed by atoms with Gasteiger partial charge in [0, 0.05) is 0 Å². The van der Waals surface area contributed by atoms with Crippen LogP contribution < -0.4 is 17.0 Å². The van der Waals surface area contributed by atoms with E-state index >= 15 is 0 Å². The van der Waals surface area contributed by atoms with Crippen molar-refractivity contribution in [3.8, 4) is 0 Å². The van der Waals surface area contributed by atoms with Crippen molar-refractivity contribution in [2.24, 2.45) is 5.90 Å². The summed E-state index contributed by atoms with van der Waals surface area (Å²) in [6, 6.07) is 4.83. The zero-order valence-electron chi connectivity index (χ0n) is 7.74. The normalized spacial score (nSPS) is 10.7. The van der Waals surface area contributed by atoms with Gasteiger partial charge in [0.1, 0.15) is 0 Å². The van der Waals surface area contributed by atoms with Crippen LogP contribution in [0.15, 0.2) is 27.8 Å². The van der Waals surface area contributed by atoms with Crippen LogP contribution >= 0.6 is 0 Å². The molecule has 78 valence electrons. The maximum atomic E-state index is 11.4. The van der Waals surface area contributed by atoms with E-state index in [1.807, 2.05) is 0 Å². The molecule has 15 heavy (non-hydrogen) atoms. The molecule has 0 aliphatic rings. The van der Waals surface area contributed by atoms with E-state index in [-0.39, 0.29) is 17.7 Å². The second kappa shape index (κ2) is 3.68. The van der Waals surface area contributed by atoms with Crippen molar-refractivity contribution < 1.29 is 4.84 Å². The number of hydrogen-bond donors (Lipinski definition) is 3. The smallest absolute Gasteiger partial charge is 0.270 e. The maximum absolute atomic E-state index is 11.4. The minimum absolute atomic E-state index is 0.197. The average molecular weight is 207 g/mol. The molecule has 2 aromatic rings. The third-order valence-electron chi connectivity index (χ3n) is 2.11. The van der Waals surface area contributed by atoms with Crippen molar-refractivity contribution >= 4 is 10.8 Å². The first-order chi connectivity index (χ1) is 7.22. The Morgan fingerprint density at radius 1 is 1.13 bits per heavy atom. The number of nitrogens with one attached hydrogen (secondary N) is 2. The predicted molar refractivity (Wildman–Crippen MR) is 54.2 cm³/mol. The van der Waals surface area contributed by atoms with Crippen LogP contribution in [0.5, 0.6) is 0 Å². The fourth-order valence-electron chi connectivity index (χ4n) is 1.41.